The van der Waals surface area contributed by atoms with Crippen molar-refractivity contribution in [3.8, 4) is 0 Å². The fraction of sp³-hybridized carbons (Fsp3) is 0.111. The highest BCUT2D eigenvalue weighted by molar-refractivity contribution is 6.33. The number of amides is 4. The Morgan fingerprint density at radius 1 is 0.750 bits per heavy atom. The third kappa shape index (κ3) is 1.49. The third-order valence-corrected chi connectivity index (χ3v) is 4.48. The van der Waals surface area contributed by atoms with E-state index in [9.17, 15) is 19.2 Å². The van der Waals surface area contributed by atoms with Gasteiger partial charge in [-0.25, -0.2) is 4.90 Å². The largest absolute Gasteiger partial charge is 0.277 e. The molecule has 4 amide bonds. The molecule has 0 spiro atoms. The molecule has 0 aromatic heterocycles. The van der Waals surface area contributed by atoms with Crippen molar-refractivity contribution >= 4 is 34.4 Å². The van der Waals surface area contributed by atoms with E-state index < -0.39 is 23.6 Å². The molecule has 24 heavy (non-hydrogen) atoms. The molecule has 0 aliphatic carbocycles. The van der Waals surface area contributed by atoms with E-state index in [1.54, 1.807) is 6.92 Å². The molecule has 2 aromatic carbocycles. The van der Waals surface area contributed by atoms with Crippen LogP contribution in [0.2, 0.25) is 0 Å². The van der Waals surface area contributed by atoms with Crippen molar-refractivity contribution in [2.75, 3.05) is 7.05 Å². The maximum atomic E-state index is 12.7. The molecule has 118 valence electrons. The summed E-state index contributed by atoms with van der Waals surface area (Å²) in [5, 5.41) is 0.744. The normalized spacial score (nSPS) is 16.2. The number of nitrogens with zero attached hydrogens (tertiary/aromatic N) is 2. The molecule has 2 aliphatic heterocycles. The van der Waals surface area contributed by atoms with Crippen molar-refractivity contribution in [1.82, 2.24) is 9.80 Å². The summed E-state index contributed by atoms with van der Waals surface area (Å²) < 4.78 is 0. The Labute approximate surface area is 136 Å². The second-order valence-electron chi connectivity index (χ2n) is 5.92. The zero-order valence-electron chi connectivity index (χ0n) is 13.0. The van der Waals surface area contributed by atoms with Gasteiger partial charge in [0, 0.05) is 45.8 Å². The number of imide groups is 2. The molecule has 0 saturated heterocycles. The Morgan fingerprint density at radius 3 is 1.42 bits per heavy atom. The fourth-order valence-electron chi connectivity index (χ4n) is 3.34. The van der Waals surface area contributed by atoms with E-state index in [4.69, 9.17) is 0 Å². The first-order valence-electron chi connectivity index (χ1n) is 7.31. The monoisotopic (exact) mass is 320 g/mol. The SMILES string of the molecule is C=C(C)N1C(=O)c2ccc3c4c(ccc(c24)C1=O)C(=O)N(C)C3=O. The van der Waals surface area contributed by atoms with E-state index in [2.05, 4.69) is 6.58 Å². The number of rotatable bonds is 1. The molecule has 0 fully saturated rings. The van der Waals surface area contributed by atoms with Crippen LogP contribution in [0.3, 0.4) is 0 Å². The summed E-state index contributed by atoms with van der Waals surface area (Å²) >= 11 is 0. The highest BCUT2D eigenvalue weighted by Gasteiger charge is 2.38. The molecule has 0 saturated carbocycles. The molecular formula is C18H12N2O4. The number of hydrogen-bond acceptors (Lipinski definition) is 4. The summed E-state index contributed by atoms with van der Waals surface area (Å²) in [7, 11) is 1.41. The Hall–Kier alpha value is -3.28. The predicted octanol–water partition coefficient (Wildman–Crippen LogP) is 2.20. The third-order valence-electron chi connectivity index (χ3n) is 4.48. The minimum atomic E-state index is -0.498. The average molecular weight is 320 g/mol. The van der Waals surface area contributed by atoms with E-state index >= 15 is 0 Å². The van der Waals surface area contributed by atoms with Gasteiger partial charge < -0.3 is 0 Å². The predicted molar refractivity (Wildman–Crippen MR) is 85.7 cm³/mol. The van der Waals surface area contributed by atoms with E-state index in [-0.39, 0.29) is 0 Å². The van der Waals surface area contributed by atoms with E-state index in [1.165, 1.54) is 31.3 Å². The van der Waals surface area contributed by atoms with Crippen LogP contribution in [-0.2, 0) is 0 Å². The summed E-state index contributed by atoms with van der Waals surface area (Å²) in [5.41, 5.74) is 1.53. The first kappa shape index (κ1) is 14.3. The smallest absolute Gasteiger partial charge is 0.265 e. The molecule has 6 heteroatoms. The zero-order chi connectivity index (χ0) is 17.3. The van der Waals surface area contributed by atoms with Crippen LogP contribution in [0.15, 0.2) is 36.5 Å². The minimum Gasteiger partial charge on any atom is -0.277 e. The van der Waals surface area contributed by atoms with Gasteiger partial charge in [0.05, 0.1) is 0 Å². The molecular weight excluding hydrogens is 308 g/mol. The Bertz CT molecular complexity index is 964. The Morgan fingerprint density at radius 2 is 1.08 bits per heavy atom. The molecule has 0 atom stereocenters. The quantitative estimate of drug-likeness (QED) is 0.755. The van der Waals surface area contributed by atoms with Gasteiger partial charge in [0.25, 0.3) is 23.6 Å². The van der Waals surface area contributed by atoms with Crippen molar-refractivity contribution < 1.29 is 19.2 Å². The summed E-state index contributed by atoms with van der Waals surface area (Å²) in [6.07, 6.45) is 0. The summed E-state index contributed by atoms with van der Waals surface area (Å²) in [6, 6.07) is 6.11. The Balaban J connectivity index is 2.17. The second kappa shape index (κ2) is 4.38. The number of hydrogen-bond donors (Lipinski definition) is 0. The second-order valence-corrected chi connectivity index (χ2v) is 5.92. The van der Waals surface area contributed by atoms with E-state index in [0.717, 1.165) is 9.80 Å². The first-order valence-corrected chi connectivity index (χ1v) is 7.31. The lowest BCUT2D eigenvalue weighted by Crippen LogP contribution is -2.41. The summed E-state index contributed by atoms with van der Waals surface area (Å²) in [5.74, 6) is -1.89. The van der Waals surface area contributed by atoms with Crippen LogP contribution in [-0.4, -0.2) is 40.5 Å². The van der Waals surface area contributed by atoms with Crippen LogP contribution in [0.4, 0.5) is 0 Å². The average Bonchev–Trinajstić information content (AvgIpc) is 2.55. The number of allylic oxidation sites excluding steroid dienone is 1. The van der Waals surface area contributed by atoms with Gasteiger partial charge in [0.1, 0.15) is 0 Å². The van der Waals surface area contributed by atoms with Gasteiger partial charge in [-0.15, -0.1) is 0 Å². The highest BCUT2D eigenvalue weighted by atomic mass is 16.2. The van der Waals surface area contributed by atoms with E-state index in [1.807, 2.05) is 0 Å². The van der Waals surface area contributed by atoms with Gasteiger partial charge in [0.15, 0.2) is 0 Å². The van der Waals surface area contributed by atoms with Gasteiger partial charge in [-0.1, -0.05) is 6.58 Å². The zero-order valence-corrected chi connectivity index (χ0v) is 13.0. The molecule has 6 nitrogen and oxygen atoms in total. The van der Waals surface area contributed by atoms with Crippen LogP contribution in [0, 0.1) is 0 Å². The summed E-state index contributed by atoms with van der Waals surface area (Å²) in [4.78, 5) is 52.2. The summed E-state index contributed by atoms with van der Waals surface area (Å²) in [6.45, 7) is 5.26. The molecule has 0 radical (unpaired) electrons. The minimum absolute atomic E-state index is 0.290. The van der Waals surface area contributed by atoms with E-state index in [0.29, 0.717) is 38.7 Å². The molecule has 2 aromatic rings. The van der Waals surface area contributed by atoms with Gasteiger partial charge in [0.2, 0.25) is 0 Å². The van der Waals surface area contributed by atoms with Crippen LogP contribution in [0.25, 0.3) is 10.8 Å². The van der Waals surface area contributed by atoms with Crippen LogP contribution >= 0.6 is 0 Å². The number of benzene rings is 2. The first-order chi connectivity index (χ1) is 11.3. The van der Waals surface area contributed by atoms with Crippen molar-refractivity contribution in [3.05, 3.63) is 58.8 Å². The molecule has 2 heterocycles. The molecule has 4 rings (SSSR count). The van der Waals surface area contributed by atoms with Crippen LogP contribution in [0.5, 0.6) is 0 Å². The van der Waals surface area contributed by atoms with Crippen LogP contribution < -0.4 is 0 Å². The maximum Gasteiger partial charge on any atom is 0.265 e. The number of carbonyl (C=O) groups is 4. The highest BCUT2D eigenvalue weighted by Crippen LogP contribution is 2.38. The molecule has 0 N–H and O–H groups in total. The topological polar surface area (TPSA) is 74.8 Å². The van der Waals surface area contributed by atoms with Gasteiger partial charge >= 0.3 is 0 Å². The van der Waals surface area contributed by atoms with Crippen LogP contribution in [0.1, 0.15) is 48.4 Å². The van der Waals surface area contributed by atoms with Gasteiger partial charge in [-0.3, -0.25) is 24.1 Å². The standard InChI is InChI=1S/C18H12N2O4/c1-8(2)20-17(23)11-6-4-9-13-10(16(22)19(3)15(9)21)5-7-12(14(11)13)18(20)24/h4-7H,1H2,2-3H3. The van der Waals surface area contributed by atoms with Crippen molar-refractivity contribution in [2.45, 2.75) is 6.92 Å². The van der Waals surface area contributed by atoms with Crippen molar-refractivity contribution in [1.29, 1.82) is 0 Å². The number of carbonyl (C=O) groups excluding carboxylic acids is 4. The maximum absolute atomic E-state index is 12.7. The van der Waals surface area contributed by atoms with Crippen molar-refractivity contribution in [2.24, 2.45) is 0 Å². The lowest BCUT2D eigenvalue weighted by Gasteiger charge is -2.30. The molecule has 0 unspecified atom stereocenters. The Kier molecular flexibility index (Phi) is 2.61. The molecule has 0 bridgehead atoms. The molecule has 2 aliphatic rings. The lowest BCUT2D eigenvalue weighted by atomic mass is 9.86. The van der Waals surface area contributed by atoms with Gasteiger partial charge in [-0.2, -0.15) is 0 Å². The van der Waals surface area contributed by atoms with Crippen molar-refractivity contribution in [3.63, 3.8) is 0 Å². The fourth-order valence-corrected chi connectivity index (χ4v) is 3.34. The van der Waals surface area contributed by atoms with Gasteiger partial charge in [-0.05, 0) is 31.2 Å². The lowest BCUT2D eigenvalue weighted by molar-refractivity contribution is 0.0634.